The molecule has 1 aliphatic rings. The van der Waals surface area contributed by atoms with E-state index < -0.39 is 6.10 Å². The lowest BCUT2D eigenvalue weighted by molar-refractivity contribution is -0.130. The van der Waals surface area contributed by atoms with Gasteiger partial charge in [0.15, 0.2) is 0 Å². The molecule has 0 aromatic carbocycles. The molecule has 1 aliphatic carbocycles. The summed E-state index contributed by atoms with van der Waals surface area (Å²) in [6, 6.07) is -0.185. The minimum atomic E-state index is -0.463. The van der Waals surface area contributed by atoms with Gasteiger partial charge in [0.1, 0.15) is 6.10 Å². The zero-order valence-electron chi connectivity index (χ0n) is 10.6. The molecule has 0 saturated heterocycles. The van der Waals surface area contributed by atoms with Crippen molar-refractivity contribution >= 4 is 23.1 Å². The number of ether oxygens (including phenoxy) is 1. The highest BCUT2D eigenvalue weighted by molar-refractivity contribution is 7.80. The Hall–Kier alpha value is -0.680. The molecule has 0 heterocycles. The van der Waals surface area contributed by atoms with E-state index in [1.807, 2.05) is 0 Å². The van der Waals surface area contributed by atoms with Crippen molar-refractivity contribution in [3.8, 4) is 0 Å². The highest BCUT2D eigenvalue weighted by Gasteiger charge is 2.28. The maximum Gasteiger partial charge on any atom is 0.249 e. The highest BCUT2D eigenvalue weighted by atomic mass is 32.1. The van der Waals surface area contributed by atoms with Crippen molar-refractivity contribution in [2.75, 3.05) is 7.11 Å². The van der Waals surface area contributed by atoms with Crippen LogP contribution in [0.25, 0.3) is 0 Å². The van der Waals surface area contributed by atoms with Crippen LogP contribution in [0.3, 0.4) is 0 Å². The van der Waals surface area contributed by atoms with Crippen molar-refractivity contribution < 1.29 is 9.53 Å². The Balaban J connectivity index is 2.59. The summed E-state index contributed by atoms with van der Waals surface area (Å²) in [6.45, 7) is 1.72. The third-order valence-electron chi connectivity index (χ3n) is 3.45. The number of hydrogen-bond donors (Lipinski definition) is 2. The summed E-state index contributed by atoms with van der Waals surface area (Å²) in [4.78, 5) is 12.2. The number of amides is 1. The Labute approximate surface area is 108 Å². The summed E-state index contributed by atoms with van der Waals surface area (Å²) in [7, 11) is 1.51. The molecule has 0 aromatic rings. The molecule has 0 bridgehead atoms. The van der Waals surface area contributed by atoms with Crippen LogP contribution in [0.4, 0.5) is 0 Å². The van der Waals surface area contributed by atoms with Crippen LogP contribution >= 0.6 is 12.2 Å². The van der Waals surface area contributed by atoms with Crippen molar-refractivity contribution in [2.24, 2.45) is 11.7 Å². The number of carbonyl (C=O) groups is 1. The van der Waals surface area contributed by atoms with Gasteiger partial charge in [-0.2, -0.15) is 0 Å². The van der Waals surface area contributed by atoms with Gasteiger partial charge >= 0.3 is 0 Å². The van der Waals surface area contributed by atoms with Gasteiger partial charge in [0.05, 0.1) is 11.0 Å². The molecule has 17 heavy (non-hydrogen) atoms. The summed E-state index contributed by atoms with van der Waals surface area (Å²) in [5.74, 6) is 0.241. The van der Waals surface area contributed by atoms with Gasteiger partial charge in [-0.05, 0) is 25.7 Å². The van der Waals surface area contributed by atoms with Crippen LogP contribution in [0.2, 0.25) is 0 Å². The molecule has 1 saturated carbocycles. The minimum absolute atomic E-state index is 0.143. The number of nitrogens with two attached hydrogens (primary N) is 1. The predicted molar refractivity (Wildman–Crippen MR) is 71.8 cm³/mol. The Kier molecular flexibility index (Phi) is 5.85. The van der Waals surface area contributed by atoms with Crippen LogP contribution in [-0.4, -0.2) is 30.2 Å². The van der Waals surface area contributed by atoms with Crippen LogP contribution < -0.4 is 11.1 Å². The molecule has 2 unspecified atom stereocenters. The second-order valence-electron chi connectivity index (χ2n) is 4.66. The molecular weight excluding hydrogens is 236 g/mol. The average molecular weight is 258 g/mol. The van der Waals surface area contributed by atoms with Crippen LogP contribution in [-0.2, 0) is 9.53 Å². The predicted octanol–water partition coefficient (Wildman–Crippen LogP) is 1.37. The first kappa shape index (κ1) is 14.4. The Bertz CT molecular complexity index is 278. The zero-order valence-corrected chi connectivity index (χ0v) is 11.4. The molecule has 3 N–H and O–H groups in total. The van der Waals surface area contributed by atoms with Gasteiger partial charge in [0, 0.05) is 7.11 Å². The summed E-state index contributed by atoms with van der Waals surface area (Å²) >= 11 is 5.06. The summed E-state index contributed by atoms with van der Waals surface area (Å²) < 4.78 is 4.98. The smallest absolute Gasteiger partial charge is 0.249 e. The topological polar surface area (TPSA) is 64.3 Å². The molecule has 0 aromatic heterocycles. The zero-order chi connectivity index (χ0) is 12.8. The fourth-order valence-electron chi connectivity index (χ4n) is 2.27. The molecule has 1 rings (SSSR count). The Morgan fingerprint density at radius 2 is 2.00 bits per heavy atom. The first-order valence-electron chi connectivity index (χ1n) is 6.18. The summed E-state index contributed by atoms with van der Waals surface area (Å²) in [5, 5.41) is 2.91. The van der Waals surface area contributed by atoms with Crippen molar-refractivity contribution in [1.29, 1.82) is 0 Å². The van der Waals surface area contributed by atoms with Gasteiger partial charge in [-0.1, -0.05) is 31.5 Å². The maximum atomic E-state index is 11.8. The van der Waals surface area contributed by atoms with Gasteiger partial charge < -0.3 is 15.8 Å². The van der Waals surface area contributed by atoms with E-state index in [9.17, 15) is 4.79 Å². The van der Waals surface area contributed by atoms with Crippen molar-refractivity contribution in [3.63, 3.8) is 0 Å². The van der Waals surface area contributed by atoms with Gasteiger partial charge in [0.25, 0.3) is 0 Å². The van der Waals surface area contributed by atoms with E-state index in [-0.39, 0.29) is 11.9 Å². The standard InChI is InChI=1S/C12H22N2O2S/c1-8(16-2)12(15)14-10(11(13)17)9-6-4-3-5-7-9/h8-10H,3-7H2,1-2H3,(H2,13,17)(H,14,15). The van der Waals surface area contributed by atoms with E-state index in [4.69, 9.17) is 22.7 Å². The lowest BCUT2D eigenvalue weighted by Gasteiger charge is -2.30. The number of methoxy groups -OCH3 is 1. The molecule has 0 aliphatic heterocycles. The molecule has 1 amide bonds. The second kappa shape index (κ2) is 6.91. The Morgan fingerprint density at radius 1 is 1.41 bits per heavy atom. The van der Waals surface area contributed by atoms with E-state index in [1.54, 1.807) is 6.92 Å². The number of nitrogens with one attached hydrogen (secondary N) is 1. The van der Waals surface area contributed by atoms with Crippen LogP contribution in [0.5, 0.6) is 0 Å². The molecular formula is C12H22N2O2S. The van der Waals surface area contributed by atoms with Crippen molar-refractivity contribution in [1.82, 2.24) is 5.32 Å². The number of thiocarbonyl (C=S) groups is 1. The average Bonchev–Trinajstić information content (AvgIpc) is 2.35. The molecule has 0 spiro atoms. The molecule has 4 nitrogen and oxygen atoms in total. The fourth-order valence-corrected chi connectivity index (χ4v) is 2.52. The number of rotatable bonds is 5. The quantitative estimate of drug-likeness (QED) is 0.731. The van der Waals surface area contributed by atoms with Crippen molar-refractivity contribution in [3.05, 3.63) is 0 Å². The van der Waals surface area contributed by atoms with E-state index in [0.717, 1.165) is 12.8 Å². The third kappa shape index (κ3) is 4.24. The fraction of sp³-hybridized carbons (Fsp3) is 0.833. The minimum Gasteiger partial charge on any atom is -0.392 e. The molecule has 5 heteroatoms. The lowest BCUT2D eigenvalue weighted by atomic mass is 9.83. The van der Waals surface area contributed by atoms with Crippen LogP contribution in [0.1, 0.15) is 39.0 Å². The van der Waals surface area contributed by atoms with E-state index in [2.05, 4.69) is 5.32 Å². The Morgan fingerprint density at radius 3 is 2.47 bits per heavy atom. The van der Waals surface area contributed by atoms with Crippen LogP contribution in [0, 0.1) is 5.92 Å². The van der Waals surface area contributed by atoms with Crippen LogP contribution in [0.15, 0.2) is 0 Å². The molecule has 1 fully saturated rings. The molecule has 98 valence electrons. The van der Waals surface area contributed by atoms with Gasteiger partial charge in [0.2, 0.25) is 5.91 Å². The third-order valence-corrected chi connectivity index (χ3v) is 3.70. The van der Waals surface area contributed by atoms with Gasteiger partial charge in [-0.25, -0.2) is 0 Å². The van der Waals surface area contributed by atoms with E-state index in [1.165, 1.54) is 26.4 Å². The first-order chi connectivity index (χ1) is 8.06. The SMILES string of the molecule is COC(C)C(=O)NC(C(N)=S)C1CCCCC1. The summed E-state index contributed by atoms with van der Waals surface area (Å²) in [6.07, 6.45) is 5.37. The van der Waals surface area contributed by atoms with Crippen molar-refractivity contribution in [2.45, 2.75) is 51.2 Å². The first-order valence-corrected chi connectivity index (χ1v) is 6.59. The number of hydrogen-bond acceptors (Lipinski definition) is 3. The lowest BCUT2D eigenvalue weighted by Crippen LogP contribution is -2.51. The van der Waals surface area contributed by atoms with E-state index >= 15 is 0 Å². The highest BCUT2D eigenvalue weighted by Crippen LogP contribution is 2.26. The second-order valence-corrected chi connectivity index (χ2v) is 5.14. The normalized spacial score (nSPS) is 20.6. The largest absolute Gasteiger partial charge is 0.392 e. The monoisotopic (exact) mass is 258 g/mol. The van der Waals surface area contributed by atoms with E-state index in [0.29, 0.717) is 10.9 Å². The van der Waals surface area contributed by atoms with Gasteiger partial charge in [-0.3, -0.25) is 4.79 Å². The summed E-state index contributed by atoms with van der Waals surface area (Å²) in [5.41, 5.74) is 5.73. The molecule has 0 radical (unpaired) electrons. The number of carbonyl (C=O) groups excluding carboxylic acids is 1. The molecule has 2 atom stereocenters. The van der Waals surface area contributed by atoms with Gasteiger partial charge in [-0.15, -0.1) is 0 Å². The maximum absolute atomic E-state index is 11.8.